The molecule has 0 aromatic heterocycles. The van der Waals surface area contributed by atoms with Crippen molar-refractivity contribution in [3.05, 3.63) is 29.8 Å². The summed E-state index contributed by atoms with van der Waals surface area (Å²) in [6, 6.07) is 6.79. The SMILES string of the molecule is CSC1CCC(NS(=O)(=O)c2ccc(CCl)cc2)C1. The number of alkyl halides is 1. The van der Waals surface area contributed by atoms with Crippen LogP contribution in [0.15, 0.2) is 29.2 Å². The quantitative estimate of drug-likeness (QED) is 0.849. The van der Waals surface area contributed by atoms with Crippen molar-refractivity contribution in [2.24, 2.45) is 0 Å². The topological polar surface area (TPSA) is 46.2 Å². The van der Waals surface area contributed by atoms with Crippen LogP contribution in [-0.2, 0) is 15.9 Å². The number of hydrogen-bond donors (Lipinski definition) is 1. The maximum atomic E-state index is 12.2. The molecule has 1 fully saturated rings. The molecule has 1 saturated carbocycles. The Morgan fingerprint density at radius 2 is 2.00 bits per heavy atom. The van der Waals surface area contributed by atoms with Crippen LogP contribution < -0.4 is 4.72 Å². The third kappa shape index (κ3) is 3.88. The van der Waals surface area contributed by atoms with Crippen molar-refractivity contribution in [1.82, 2.24) is 4.72 Å². The Morgan fingerprint density at radius 1 is 1.32 bits per heavy atom. The van der Waals surface area contributed by atoms with E-state index in [1.54, 1.807) is 24.3 Å². The minimum atomic E-state index is -3.40. The summed E-state index contributed by atoms with van der Waals surface area (Å²) < 4.78 is 27.3. The molecule has 0 bridgehead atoms. The number of halogens is 1. The second kappa shape index (κ2) is 6.48. The van der Waals surface area contributed by atoms with Gasteiger partial charge in [-0.05, 0) is 43.2 Å². The first-order valence-electron chi connectivity index (χ1n) is 6.25. The lowest BCUT2D eigenvalue weighted by Gasteiger charge is -2.13. The molecule has 1 aromatic rings. The Hall–Kier alpha value is -0.230. The van der Waals surface area contributed by atoms with Gasteiger partial charge in [0.2, 0.25) is 10.0 Å². The molecule has 0 radical (unpaired) electrons. The Bertz CT molecular complexity index is 516. The number of nitrogens with one attached hydrogen (secondary N) is 1. The van der Waals surface area contributed by atoms with Crippen LogP contribution in [0.4, 0.5) is 0 Å². The van der Waals surface area contributed by atoms with Gasteiger partial charge in [-0.1, -0.05) is 12.1 Å². The van der Waals surface area contributed by atoms with Crippen LogP contribution in [-0.4, -0.2) is 26.0 Å². The first-order valence-corrected chi connectivity index (χ1v) is 9.55. The Kier molecular flexibility index (Phi) is 5.17. The number of thioether (sulfide) groups is 1. The van der Waals surface area contributed by atoms with Crippen molar-refractivity contribution in [2.75, 3.05) is 6.26 Å². The summed E-state index contributed by atoms with van der Waals surface area (Å²) >= 11 is 7.51. The molecule has 1 aromatic carbocycles. The van der Waals surface area contributed by atoms with E-state index in [1.807, 2.05) is 11.8 Å². The van der Waals surface area contributed by atoms with Gasteiger partial charge in [-0.3, -0.25) is 0 Å². The molecule has 6 heteroatoms. The van der Waals surface area contributed by atoms with Crippen LogP contribution in [0.25, 0.3) is 0 Å². The third-order valence-corrected chi connectivity index (χ3v) is 6.37. The van der Waals surface area contributed by atoms with Gasteiger partial charge in [0.1, 0.15) is 0 Å². The molecule has 1 aliphatic rings. The Balaban J connectivity index is 2.05. The van der Waals surface area contributed by atoms with E-state index in [4.69, 9.17) is 11.6 Å². The summed E-state index contributed by atoms with van der Waals surface area (Å²) in [5.41, 5.74) is 0.920. The van der Waals surface area contributed by atoms with Crippen LogP contribution in [0.1, 0.15) is 24.8 Å². The van der Waals surface area contributed by atoms with Gasteiger partial charge in [0.05, 0.1) is 4.90 Å². The van der Waals surface area contributed by atoms with E-state index >= 15 is 0 Å². The molecular weight excluding hydrogens is 302 g/mol. The monoisotopic (exact) mass is 319 g/mol. The zero-order valence-electron chi connectivity index (χ0n) is 10.8. The standard InChI is InChI=1S/C13H18ClNO2S2/c1-18-12-5-4-11(8-12)15-19(16,17)13-6-2-10(9-14)3-7-13/h2-3,6-7,11-12,15H,4-5,8-9H2,1H3. The second-order valence-electron chi connectivity index (χ2n) is 4.77. The Labute approximate surface area is 124 Å². The highest BCUT2D eigenvalue weighted by molar-refractivity contribution is 7.99. The maximum Gasteiger partial charge on any atom is 0.240 e. The van der Waals surface area contributed by atoms with Crippen molar-refractivity contribution >= 4 is 33.4 Å². The molecule has 0 spiro atoms. The second-order valence-corrected chi connectivity index (χ2v) is 7.89. The average Bonchev–Trinajstić information content (AvgIpc) is 2.85. The highest BCUT2D eigenvalue weighted by atomic mass is 35.5. The third-order valence-electron chi connectivity index (χ3n) is 3.43. The van der Waals surface area contributed by atoms with E-state index in [2.05, 4.69) is 11.0 Å². The minimum absolute atomic E-state index is 0.0650. The fourth-order valence-electron chi connectivity index (χ4n) is 2.31. The molecule has 3 nitrogen and oxygen atoms in total. The summed E-state index contributed by atoms with van der Waals surface area (Å²) in [6.45, 7) is 0. The molecule has 106 valence electrons. The lowest BCUT2D eigenvalue weighted by atomic mass is 10.2. The van der Waals surface area contributed by atoms with Crippen LogP contribution in [0.2, 0.25) is 0 Å². The first kappa shape index (κ1) is 15.2. The highest BCUT2D eigenvalue weighted by Crippen LogP contribution is 2.29. The molecule has 19 heavy (non-hydrogen) atoms. The molecule has 0 amide bonds. The molecule has 0 saturated heterocycles. The van der Waals surface area contributed by atoms with Gasteiger partial charge in [-0.25, -0.2) is 13.1 Å². The molecule has 0 heterocycles. The van der Waals surface area contributed by atoms with Gasteiger partial charge in [0.15, 0.2) is 0 Å². The van der Waals surface area contributed by atoms with Crippen molar-refractivity contribution in [2.45, 2.75) is 41.3 Å². The normalized spacial score (nSPS) is 23.7. The largest absolute Gasteiger partial charge is 0.240 e. The van der Waals surface area contributed by atoms with Gasteiger partial charge in [-0.2, -0.15) is 11.8 Å². The zero-order chi connectivity index (χ0) is 13.9. The molecule has 2 unspecified atom stereocenters. The van der Waals surface area contributed by atoms with Crippen molar-refractivity contribution in [3.8, 4) is 0 Å². The highest BCUT2D eigenvalue weighted by Gasteiger charge is 2.28. The molecule has 2 rings (SSSR count). The van der Waals surface area contributed by atoms with Crippen molar-refractivity contribution in [3.63, 3.8) is 0 Å². The summed E-state index contributed by atoms with van der Waals surface area (Å²) in [7, 11) is -3.40. The van der Waals surface area contributed by atoms with Crippen LogP contribution >= 0.6 is 23.4 Å². The van der Waals surface area contributed by atoms with E-state index in [9.17, 15) is 8.42 Å². The number of hydrogen-bond acceptors (Lipinski definition) is 3. The fraction of sp³-hybridized carbons (Fsp3) is 0.538. The van der Waals surface area contributed by atoms with Crippen LogP contribution in [0.5, 0.6) is 0 Å². The first-order chi connectivity index (χ1) is 9.05. The number of rotatable bonds is 5. The van der Waals surface area contributed by atoms with Gasteiger partial charge in [-0.15, -0.1) is 11.6 Å². The molecule has 0 aliphatic heterocycles. The number of benzene rings is 1. The maximum absolute atomic E-state index is 12.2. The van der Waals surface area contributed by atoms with E-state index in [0.717, 1.165) is 24.8 Å². The zero-order valence-corrected chi connectivity index (χ0v) is 13.2. The van der Waals surface area contributed by atoms with Crippen molar-refractivity contribution in [1.29, 1.82) is 0 Å². The fourth-order valence-corrected chi connectivity index (χ4v) is 4.56. The minimum Gasteiger partial charge on any atom is -0.208 e. The predicted octanol–water partition coefficient (Wildman–Crippen LogP) is 2.99. The lowest BCUT2D eigenvalue weighted by molar-refractivity contribution is 0.552. The number of sulfonamides is 1. The van der Waals surface area contributed by atoms with Gasteiger partial charge >= 0.3 is 0 Å². The van der Waals surface area contributed by atoms with E-state index in [-0.39, 0.29) is 6.04 Å². The van der Waals surface area contributed by atoms with Crippen LogP contribution in [0.3, 0.4) is 0 Å². The Morgan fingerprint density at radius 3 is 2.53 bits per heavy atom. The average molecular weight is 320 g/mol. The van der Waals surface area contributed by atoms with Crippen LogP contribution in [0, 0.1) is 0 Å². The van der Waals surface area contributed by atoms with Gasteiger partial charge in [0.25, 0.3) is 0 Å². The summed E-state index contributed by atoms with van der Waals surface area (Å²) in [6.07, 6.45) is 5.00. The van der Waals surface area contributed by atoms with E-state index in [1.165, 1.54) is 0 Å². The molecule has 2 atom stereocenters. The molecular formula is C13H18ClNO2S2. The summed E-state index contributed by atoms with van der Waals surface area (Å²) in [5.74, 6) is 0.395. The summed E-state index contributed by atoms with van der Waals surface area (Å²) in [5, 5.41) is 0.575. The van der Waals surface area contributed by atoms with Gasteiger partial charge < -0.3 is 0 Å². The summed E-state index contributed by atoms with van der Waals surface area (Å²) in [4.78, 5) is 0.314. The lowest BCUT2D eigenvalue weighted by Crippen LogP contribution is -2.33. The van der Waals surface area contributed by atoms with Gasteiger partial charge in [0, 0.05) is 17.2 Å². The molecule has 1 N–H and O–H groups in total. The van der Waals surface area contributed by atoms with E-state index < -0.39 is 10.0 Å². The smallest absolute Gasteiger partial charge is 0.208 e. The predicted molar refractivity (Wildman–Crippen MR) is 81.3 cm³/mol. The molecule has 1 aliphatic carbocycles. The van der Waals surface area contributed by atoms with E-state index in [0.29, 0.717) is 16.0 Å². The van der Waals surface area contributed by atoms with Crippen molar-refractivity contribution < 1.29 is 8.42 Å².